The van der Waals surface area contributed by atoms with E-state index in [-0.39, 0.29) is 18.4 Å². The van der Waals surface area contributed by atoms with Gasteiger partial charge in [-0.05, 0) is 42.7 Å². The highest BCUT2D eigenvalue weighted by Gasteiger charge is 2.04. The quantitative estimate of drug-likeness (QED) is 0.532. The molecule has 0 spiro atoms. The molecule has 2 aromatic rings. The summed E-state index contributed by atoms with van der Waals surface area (Å²) >= 11 is 0. The van der Waals surface area contributed by atoms with E-state index in [9.17, 15) is 9.59 Å². The number of rotatable bonds is 11. The summed E-state index contributed by atoms with van der Waals surface area (Å²) in [6.45, 7) is 1.43. The van der Waals surface area contributed by atoms with Gasteiger partial charge in [-0.2, -0.15) is 0 Å². The van der Waals surface area contributed by atoms with Crippen LogP contribution in [0.3, 0.4) is 0 Å². The smallest absolute Gasteiger partial charge is 0.239 e. The van der Waals surface area contributed by atoms with E-state index in [2.05, 4.69) is 16.0 Å². The molecule has 0 heterocycles. The number of ether oxygens (including phenoxy) is 1. The maximum atomic E-state index is 12.0. The van der Waals surface area contributed by atoms with Gasteiger partial charge in [0.05, 0.1) is 6.54 Å². The molecule has 0 bridgehead atoms. The molecule has 0 saturated heterocycles. The Bertz CT molecular complexity index is 702. The third-order valence-corrected chi connectivity index (χ3v) is 3.95. The summed E-state index contributed by atoms with van der Waals surface area (Å²) in [6, 6.07) is 17.2. The van der Waals surface area contributed by atoms with E-state index in [1.807, 2.05) is 54.6 Å². The first kappa shape index (κ1) is 20.5. The van der Waals surface area contributed by atoms with Crippen LogP contribution in [0.2, 0.25) is 0 Å². The van der Waals surface area contributed by atoms with Crippen molar-refractivity contribution in [2.45, 2.75) is 19.3 Å². The highest BCUT2D eigenvalue weighted by Crippen LogP contribution is 2.14. The molecule has 27 heavy (non-hydrogen) atoms. The minimum absolute atomic E-state index is 0.0185. The van der Waals surface area contributed by atoms with Gasteiger partial charge >= 0.3 is 0 Å². The summed E-state index contributed by atoms with van der Waals surface area (Å²) in [5.74, 6) is -0.0839. The van der Waals surface area contributed by atoms with Crippen LogP contribution in [0, 0.1) is 0 Å². The van der Waals surface area contributed by atoms with Crippen molar-refractivity contribution in [1.29, 1.82) is 0 Å². The number of benzene rings is 2. The van der Waals surface area contributed by atoms with E-state index < -0.39 is 0 Å². The molecule has 0 saturated carbocycles. The summed E-state index contributed by atoms with van der Waals surface area (Å²) in [6.07, 6.45) is 1.94. The summed E-state index contributed by atoms with van der Waals surface area (Å²) < 4.78 is 4.93. The monoisotopic (exact) mass is 369 g/mol. The number of carbonyl (C=O) groups excluding carboxylic acids is 2. The molecule has 2 rings (SSSR count). The van der Waals surface area contributed by atoms with Gasteiger partial charge < -0.3 is 20.7 Å². The zero-order valence-electron chi connectivity index (χ0n) is 15.7. The van der Waals surface area contributed by atoms with E-state index in [1.165, 1.54) is 0 Å². The molecule has 0 unspecified atom stereocenters. The van der Waals surface area contributed by atoms with Crippen LogP contribution < -0.4 is 16.0 Å². The van der Waals surface area contributed by atoms with Crippen LogP contribution in [-0.4, -0.2) is 38.6 Å². The van der Waals surface area contributed by atoms with Crippen molar-refractivity contribution in [3.8, 4) is 0 Å². The number of hydrogen-bond donors (Lipinski definition) is 3. The van der Waals surface area contributed by atoms with Gasteiger partial charge in [0.1, 0.15) is 0 Å². The van der Waals surface area contributed by atoms with E-state index in [0.29, 0.717) is 26.0 Å². The molecular formula is C21H27N3O3. The lowest BCUT2D eigenvalue weighted by Gasteiger charge is -2.09. The zero-order chi connectivity index (χ0) is 19.3. The van der Waals surface area contributed by atoms with Gasteiger partial charge in [0.15, 0.2) is 0 Å². The van der Waals surface area contributed by atoms with Gasteiger partial charge in [0.25, 0.3) is 0 Å². The van der Waals surface area contributed by atoms with Crippen LogP contribution in [0.4, 0.5) is 11.4 Å². The molecular weight excluding hydrogens is 342 g/mol. The molecule has 0 atom stereocenters. The second-order valence-electron chi connectivity index (χ2n) is 6.16. The summed E-state index contributed by atoms with van der Waals surface area (Å²) in [5, 5.41) is 8.76. The van der Waals surface area contributed by atoms with Crippen molar-refractivity contribution in [2.24, 2.45) is 0 Å². The highest BCUT2D eigenvalue weighted by atomic mass is 16.5. The van der Waals surface area contributed by atoms with Crippen LogP contribution in [0.25, 0.3) is 0 Å². The van der Waals surface area contributed by atoms with Crippen molar-refractivity contribution < 1.29 is 14.3 Å². The topological polar surface area (TPSA) is 79.5 Å². The summed E-state index contributed by atoms with van der Waals surface area (Å²) in [5.41, 5.74) is 2.71. The van der Waals surface area contributed by atoms with E-state index in [1.54, 1.807) is 7.11 Å². The van der Waals surface area contributed by atoms with Gasteiger partial charge in [-0.25, -0.2) is 0 Å². The Kier molecular flexibility index (Phi) is 8.86. The number of carbonyl (C=O) groups is 2. The average Bonchev–Trinajstić information content (AvgIpc) is 2.70. The molecule has 0 aliphatic heterocycles. The van der Waals surface area contributed by atoms with Gasteiger partial charge in [-0.3, -0.25) is 9.59 Å². The van der Waals surface area contributed by atoms with Crippen molar-refractivity contribution in [2.75, 3.05) is 37.4 Å². The van der Waals surface area contributed by atoms with Crippen molar-refractivity contribution in [3.05, 3.63) is 60.2 Å². The zero-order valence-corrected chi connectivity index (χ0v) is 15.7. The second kappa shape index (κ2) is 11.7. The number of aryl methyl sites for hydroxylation is 1. The molecule has 6 nitrogen and oxygen atoms in total. The molecule has 144 valence electrons. The SMILES string of the molecule is COCCCNC(=O)CNc1ccc(NC(=O)CCc2ccccc2)cc1. The van der Waals surface area contributed by atoms with Gasteiger partial charge in [0, 0.05) is 38.1 Å². The largest absolute Gasteiger partial charge is 0.385 e. The number of methoxy groups -OCH3 is 1. The Labute approximate surface area is 160 Å². The van der Waals surface area contributed by atoms with Crippen LogP contribution >= 0.6 is 0 Å². The van der Waals surface area contributed by atoms with Crippen LogP contribution in [0.1, 0.15) is 18.4 Å². The number of nitrogens with one attached hydrogen (secondary N) is 3. The first-order chi connectivity index (χ1) is 13.2. The molecule has 0 radical (unpaired) electrons. The third kappa shape index (κ3) is 8.37. The minimum Gasteiger partial charge on any atom is -0.385 e. The number of hydrogen-bond acceptors (Lipinski definition) is 4. The predicted molar refractivity (Wildman–Crippen MR) is 108 cm³/mol. The van der Waals surface area contributed by atoms with E-state index in [4.69, 9.17) is 4.74 Å². The molecule has 6 heteroatoms. The third-order valence-electron chi connectivity index (χ3n) is 3.95. The first-order valence-electron chi connectivity index (χ1n) is 9.10. The fraction of sp³-hybridized carbons (Fsp3) is 0.333. The van der Waals surface area contributed by atoms with Crippen LogP contribution in [-0.2, 0) is 20.7 Å². The molecule has 0 aliphatic rings. The Morgan fingerprint density at radius 2 is 1.63 bits per heavy atom. The van der Waals surface area contributed by atoms with Crippen molar-refractivity contribution in [1.82, 2.24) is 5.32 Å². The number of anilines is 2. The Morgan fingerprint density at radius 3 is 2.33 bits per heavy atom. The number of amides is 2. The maximum Gasteiger partial charge on any atom is 0.239 e. The predicted octanol–water partition coefficient (Wildman–Crippen LogP) is 2.82. The summed E-state index contributed by atoms with van der Waals surface area (Å²) in [7, 11) is 1.64. The van der Waals surface area contributed by atoms with Crippen molar-refractivity contribution in [3.63, 3.8) is 0 Å². The Hall–Kier alpha value is -2.86. The lowest BCUT2D eigenvalue weighted by atomic mass is 10.1. The fourth-order valence-corrected chi connectivity index (χ4v) is 2.49. The van der Waals surface area contributed by atoms with Gasteiger partial charge in [-0.1, -0.05) is 30.3 Å². The van der Waals surface area contributed by atoms with E-state index >= 15 is 0 Å². The standard InChI is InChI=1S/C21H27N3O3/c1-27-15-5-14-22-21(26)16-23-18-9-11-19(12-10-18)24-20(25)13-8-17-6-3-2-4-7-17/h2-4,6-7,9-12,23H,5,8,13-16H2,1H3,(H,22,26)(H,24,25). The maximum absolute atomic E-state index is 12.0. The molecule has 0 aliphatic carbocycles. The molecule has 0 fully saturated rings. The van der Waals surface area contributed by atoms with E-state index in [0.717, 1.165) is 23.4 Å². The average molecular weight is 369 g/mol. The Morgan fingerprint density at radius 1 is 0.926 bits per heavy atom. The van der Waals surface area contributed by atoms with Crippen LogP contribution in [0.15, 0.2) is 54.6 Å². The van der Waals surface area contributed by atoms with Crippen molar-refractivity contribution >= 4 is 23.2 Å². The molecule has 0 aromatic heterocycles. The lowest BCUT2D eigenvalue weighted by Crippen LogP contribution is -2.31. The lowest BCUT2D eigenvalue weighted by molar-refractivity contribution is -0.119. The Balaban J connectivity index is 1.68. The van der Waals surface area contributed by atoms with Gasteiger partial charge in [-0.15, -0.1) is 0 Å². The molecule has 2 amide bonds. The summed E-state index contributed by atoms with van der Waals surface area (Å²) in [4.78, 5) is 23.8. The molecule has 3 N–H and O–H groups in total. The minimum atomic E-state index is -0.0654. The van der Waals surface area contributed by atoms with Gasteiger partial charge in [0.2, 0.25) is 11.8 Å². The van der Waals surface area contributed by atoms with Crippen LogP contribution in [0.5, 0.6) is 0 Å². The molecule has 2 aromatic carbocycles. The highest BCUT2D eigenvalue weighted by molar-refractivity contribution is 5.91. The first-order valence-corrected chi connectivity index (χ1v) is 9.10. The second-order valence-corrected chi connectivity index (χ2v) is 6.16. The normalized spacial score (nSPS) is 10.3. The fourth-order valence-electron chi connectivity index (χ4n) is 2.49.